The van der Waals surface area contributed by atoms with Crippen LogP contribution in [0.5, 0.6) is 0 Å². The fraction of sp³-hybridized carbons (Fsp3) is 0.308. The van der Waals surface area contributed by atoms with E-state index < -0.39 is 33.4 Å². The highest BCUT2D eigenvalue weighted by atomic mass is 32.2. The zero-order valence-corrected chi connectivity index (χ0v) is 19.1. The molecule has 8 heteroatoms. The molecular formula is C26H24F3NO3S. The number of hydrogen-bond acceptors (Lipinski definition) is 3. The van der Waals surface area contributed by atoms with Crippen LogP contribution >= 0.6 is 0 Å². The third-order valence-corrected chi connectivity index (χ3v) is 8.29. The van der Waals surface area contributed by atoms with Crippen LogP contribution in [0.25, 0.3) is 0 Å². The third kappa shape index (κ3) is 4.15. The van der Waals surface area contributed by atoms with Crippen LogP contribution in [0, 0.1) is 0 Å². The summed E-state index contributed by atoms with van der Waals surface area (Å²) in [6.07, 6.45) is -1.60. The molecule has 178 valence electrons. The molecular weight excluding hydrogens is 463 g/mol. The molecule has 1 spiro atoms. The Morgan fingerprint density at radius 3 is 1.91 bits per heavy atom. The number of sulfonamides is 1. The molecule has 0 amide bonds. The van der Waals surface area contributed by atoms with Crippen molar-refractivity contribution in [3.05, 3.63) is 101 Å². The number of halogens is 3. The second-order valence-corrected chi connectivity index (χ2v) is 10.5. The zero-order valence-electron chi connectivity index (χ0n) is 18.3. The lowest BCUT2D eigenvalue weighted by Gasteiger charge is -2.42. The molecule has 1 aliphatic heterocycles. The molecule has 0 aromatic heterocycles. The van der Waals surface area contributed by atoms with Crippen molar-refractivity contribution in [2.45, 2.75) is 48.4 Å². The first-order valence-corrected chi connectivity index (χ1v) is 12.7. The molecule has 3 aromatic rings. The predicted molar refractivity (Wildman–Crippen MR) is 122 cm³/mol. The molecule has 1 fully saturated rings. The van der Waals surface area contributed by atoms with Crippen molar-refractivity contribution < 1.29 is 26.3 Å². The Morgan fingerprint density at radius 1 is 0.853 bits per heavy atom. The van der Waals surface area contributed by atoms with Gasteiger partial charge in [-0.2, -0.15) is 13.2 Å². The Kier molecular flexibility index (Phi) is 5.78. The number of fused-ring (bicyclic) bond motifs is 4. The van der Waals surface area contributed by atoms with Gasteiger partial charge in [-0.15, -0.1) is 0 Å². The Hall–Kier alpha value is -2.68. The third-order valence-electron chi connectivity index (χ3n) is 6.76. The van der Waals surface area contributed by atoms with Gasteiger partial charge in [0.1, 0.15) is 5.60 Å². The SMILES string of the molecule is O=S(=O)(NC1CCC2(OC1)c1ccccc1CCc1ccccc12)c1ccc(C(F)(F)F)cc1. The van der Waals surface area contributed by atoms with Gasteiger partial charge < -0.3 is 4.74 Å². The van der Waals surface area contributed by atoms with Crippen molar-refractivity contribution >= 4 is 10.0 Å². The van der Waals surface area contributed by atoms with Crippen LogP contribution in [-0.2, 0) is 39.4 Å². The van der Waals surface area contributed by atoms with E-state index in [1.54, 1.807) is 0 Å². The Labute approximate surface area is 196 Å². The summed E-state index contributed by atoms with van der Waals surface area (Å²) in [5, 5.41) is 0. The summed E-state index contributed by atoms with van der Waals surface area (Å²) >= 11 is 0. The number of benzene rings is 3. The number of ether oxygens (including phenoxy) is 1. The molecule has 1 heterocycles. The second-order valence-electron chi connectivity index (χ2n) is 8.83. The van der Waals surface area contributed by atoms with E-state index >= 15 is 0 Å². The van der Waals surface area contributed by atoms with Crippen LogP contribution in [0.15, 0.2) is 77.7 Å². The Bertz CT molecular complexity index is 1250. The molecule has 34 heavy (non-hydrogen) atoms. The summed E-state index contributed by atoms with van der Waals surface area (Å²) in [6.45, 7) is 0.155. The Morgan fingerprint density at radius 2 is 1.41 bits per heavy atom. The van der Waals surface area contributed by atoms with Gasteiger partial charge in [-0.25, -0.2) is 13.1 Å². The van der Waals surface area contributed by atoms with Crippen LogP contribution in [0.1, 0.15) is 40.7 Å². The molecule has 1 aliphatic carbocycles. The van der Waals surface area contributed by atoms with Gasteiger partial charge in [-0.1, -0.05) is 48.5 Å². The average Bonchev–Trinajstić information content (AvgIpc) is 2.96. The zero-order chi connectivity index (χ0) is 24.0. The lowest BCUT2D eigenvalue weighted by Crippen LogP contribution is -2.47. The van der Waals surface area contributed by atoms with Gasteiger partial charge in [0.05, 0.1) is 17.1 Å². The molecule has 3 aromatic carbocycles. The summed E-state index contributed by atoms with van der Waals surface area (Å²) in [5.41, 5.74) is 3.14. The van der Waals surface area contributed by atoms with Crippen LogP contribution in [0.2, 0.25) is 0 Å². The molecule has 1 saturated heterocycles. The number of nitrogens with one attached hydrogen (secondary N) is 1. The molecule has 0 bridgehead atoms. The fourth-order valence-electron chi connectivity index (χ4n) is 5.08. The number of rotatable bonds is 3. The van der Waals surface area contributed by atoms with E-state index in [-0.39, 0.29) is 11.5 Å². The highest BCUT2D eigenvalue weighted by molar-refractivity contribution is 7.89. The van der Waals surface area contributed by atoms with Crippen LogP contribution in [0.4, 0.5) is 13.2 Å². The van der Waals surface area contributed by atoms with Crippen molar-refractivity contribution in [1.29, 1.82) is 0 Å². The van der Waals surface area contributed by atoms with E-state index in [0.717, 1.165) is 48.2 Å². The predicted octanol–water partition coefficient (Wildman–Crippen LogP) is 5.21. The fourth-order valence-corrected chi connectivity index (χ4v) is 6.34. The molecule has 0 radical (unpaired) electrons. The lowest BCUT2D eigenvalue weighted by molar-refractivity contribution is -0.137. The van der Waals surface area contributed by atoms with E-state index in [0.29, 0.717) is 12.8 Å². The van der Waals surface area contributed by atoms with E-state index in [2.05, 4.69) is 29.0 Å². The average molecular weight is 488 g/mol. The van der Waals surface area contributed by atoms with E-state index in [1.165, 1.54) is 11.1 Å². The topological polar surface area (TPSA) is 55.4 Å². The Balaban J connectivity index is 1.39. The summed E-state index contributed by atoms with van der Waals surface area (Å²) in [5.74, 6) is 0. The highest BCUT2D eigenvalue weighted by Gasteiger charge is 2.44. The summed E-state index contributed by atoms with van der Waals surface area (Å²) in [4.78, 5) is -0.203. The minimum absolute atomic E-state index is 0.155. The standard InChI is InChI=1S/C26H24F3NO3S/c27-26(28,29)20-11-13-22(14-12-20)34(31,32)30-21-15-16-25(33-17-21)23-7-3-1-5-18(23)9-10-19-6-2-4-8-24(19)25/h1-8,11-14,21,30H,9-10,15-17H2. The number of hydrogen-bond donors (Lipinski definition) is 1. The van der Waals surface area contributed by atoms with Crippen LogP contribution in [-0.4, -0.2) is 21.1 Å². The molecule has 1 atom stereocenters. The maximum absolute atomic E-state index is 12.8. The largest absolute Gasteiger partial charge is 0.416 e. The van der Waals surface area contributed by atoms with Crippen molar-refractivity contribution in [3.8, 4) is 0 Å². The highest BCUT2D eigenvalue weighted by Crippen LogP contribution is 2.46. The first kappa shape index (κ1) is 23.1. The monoisotopic (exact) mass is 487 g/mol. The number of aryl methyl sites for hydroxylation is 2. The van der Waals surface area contributed by atoms with Gasteiger partial charge >= 0.3 is 6.18 Å². The van der Waals surface area contributed by atoms with Gasteiger partial charge in [0, 0.05) is 6.04 Å². The van der Waals surface area contributed by atoms with E-state index in [9.17, 15) is 21.6 Å². The normalized spacial score (nSPS) is 19.8. The maximum Gasteiger partial charge on any atom is 0.416 e. The minimum atomic E-state index is -4.52. The molecule has 5 rings (SSSR count). The molecule has 1 unspecified atom stereocenters. The van der Waals surface area contributed by atoms with Crippen molar-refractivity contribution in [2.75, 3.05) is 6.61 Å². The first-order chi connectivity index (χ1) is 16.2. The van der Waals surface area contributed by atoms with Gasteiger partial charge in [-0.3, -0.25) is 0 Å². The smallest absolute Gasteiger partial charge is 0.364 e. The van der Waals surface area contributed by atoms with Crippen molar-refractivity contribution in [3.63, 3.8) is 0 Å². The molecule has 1 N–H and O–H groups in total. The summed E-state index contributed by atoms with van der Waals surface area (Å²) in [6, 6.07) is 19.5. The van der Waals surface area contributed by atoms with Crippen LogP contribution in [0.3, 0.4) is 0 Å². The first-order valence-electron chi connectivity index (χ1n) is 11.2. The van der Waals surface area contributed by atoms with Gasteiger partial charge in [-0.05, 0) is 72.2 Å². The van der Waals surface area contributed by atoms with Crippen LogP contribution < -0.4 is 4.72 Å². The second kappa shape index (κ2) is 8.52. The van der Waals surface area contributed by atoms with Gasteiger partial charge in [0.15, 0.2) is 0 Å². The van der Waals surface area contributed by atoms with Crippen molar-refractivity contribution in [2.24, 2.45) is 0 Å². The van der Waals surface area contributed by atoms with Gasteiger partial charge in [0.25, 0.3) is 0 Å². The minimum Gasteiger partial charge on any atom is -0.364 e. The quantitative estimate of drug-likeness (QED) is 0.552. The van der Waals surface area contributed by atoms with Crippen molar-refractivity contribution in [1.82, 2.24) is 4.72 Å². The molecule has 0 saturated carbocycles. The van der Waals surface area contributed by atoms with E-state index in [1.807, 2.05) is 24.3 Å². The summed E-state index contributed by atoms with van der Waals surface area (Å²) in [7, 11) is -3.99. The summed E-state index contributed by atoms with van der Waals surface area (Å²) < 4.78 is 73.3. The number of alkyl halides is 3. The van der Waals surface area contributed by atoms with E-state index in [4.69, 9.17) is 4.74 Å². The lowest BCUT2D eigenvalue weighted by atomic mass is 9.78. The van der Waals surface area contributed by atoms with Gasteiger partial charge in [0.2, 0.25) is 10.0 Å². The molecule has 4 nitrogen and oxygen atoms in total. The maximum atomic E-state index is 12.8. The molecule has 2 aliphatic rings.